The lowest BCUT2D eigenvalue weighted by atomic mass is 9.91. The topological polar surface area (TPSA) is 49.9 Å². The summed E-state index contributed by atoms with van der Waals surface area (Å²) in [4.78, 5) is 3.75. The van der Waals surface area contributed by atoms with E-state index in [1.807, 2.05) is 0 Å². The van der Waals surface area contributed by atoms with E-state index < -0.39 is 9.84 Å². The number of benzene rings is 2. The first-order chi connectivity index (χ1) is 12.1. The van der Waals surface area contributed by atoms with Gasteiger partial charge in [0.2, 0.25) is 0 Å². The summed E-state index contributed by atoms with van der Waals surface area (Å²) in [6, 6.07) is 15.3. The lowest BCUT2D eigenvalue weighted by molar-refractivity contribution is 0.573. The van der Waals surface area contributed by atoms with Crippen LogP contribution in [-0.2, 0) is 15.3 Å². The van der Waals surface area contributed by atoms with E-state index in [0.29, 0.717) is 0 Å². The van der Waals surface area contributed by atoms with E-state index in [4.69, 9.17) is 0 Å². The zero-order valence-electron chi connectivity index (χ0n) is 15.3. The Hall–Kier alpha value is -2.40. The molecule has 0 amide bonds. The van der Waals surface area contributed by atoms with Gasteiger partial charge in [0.25, 0.3) is 0 Å². The molecular weight excluding hydrogens is 349 g/mol. The molecule has 1 heterocycles. The maximum atomic E-state index is 13.3. The Labute approximate surface area is 153 Å². The van der Waals surface area contributed by atoms with Crippen LogP contribution in [0.5, 0.6) is 0 Å². The van der Waals surface area contributed by atoms with E-state index >= 15 is 0 Å². The summed E-state index contributed by atoms with van der Waals surface area (Å²) in [6.45, 7) is 6.34. The first-order valence-electron chi connectivity index (χ1n) is 8.35. The number of halogens is 1. The number of hydrogen-bond acceptors (Lipinski definition) is 2. The molecule has 0 aliphatic carbocycles. The molecule has 136 valence electrons. The number of hydrogen-bond donors (Lipinski definition) is 1. The molecule has 2 aromatic carbocycles. The minimum atomic E-state index is -3.24. The molecule has 1 aromatic heterocycles. The van der Waals surface area contributed by atoms with Crippen LogP contribution in [0.4, 0.5) is 4.39 Å². The van der Waals surface area contributed by atoms with Crippen LogP contribution in [0.25, 0.3) is 22.4 Å². The summed E-state index contributed by atoms with van der Waals surface area (Å²) >= 11 is 0. The molecule has 0 atom stereocenters. The number of aromatic amines is 1. The third-order valence-electron chi connectivity index (χ3n) is 4.35. The van der Waals surface area contributed by atoms with Crippen molar-refractivity contribution in [2.24, 2.45) is 0 Å². The van der Waals surface area contributed by atoms with Crippen LogP contribution in [-0.4, -0.2) is 19.7 Å². The molecule has 0 fully saturated rings. The van der Waals surface area contributed by atoms with Crippen LogP contribution in [0.1, 0.15) is 26.5 Å². The van der Waals surface area contributed by atoms with Crippen molar-refractivity contribution in [3.05, 3.63) is 66.1 Å². The summed E-state index contributed by atoms with van der Waals surface area (Å²) in [7, 11) is -3.24. The zero-order valence-corrected chi connectivity index (χ0v) is 16.1. The van der Waals surface area contributed by atoms with Crippen molar-refractivity contribution in [1.29, 1.82) is 0 Å². The van der Waals surface area contributed by atoms with Crippen molar-refractivity contribution in [2.45, 2.75) is 31.1 Å². The fraction of sp³-hybridized carbons (Fsp3) is 0.238. The molecule has 0 bridgehead atoms. The van der Waals surface area contributed by atoms with E-state index in [0.717, 1.165) is 28.1 Å². The molecule has 0 unspecified atom stereocenters. The van der Waals surface area contributed by atoms with Crippen molar-refractivity contribution >= 4 is 9.84 Å². The first kappa shape index (κ1) is 18.4. The molecule has 0 spiro atoms. The summed E-state index contributed by atoms with van der Waals surface area (Å²) in [6.07, 6.45) is 1.19. The summed E-state index contributed by atoms with van der Waals surface area (Å²) in [5, 5.41) is 0. The molecule has 3 rings (SSSR count). The van der Waals surface area contributed by atoms with Crippen LogP contribution >= 0.6 is 0 Å². The lowest BCUT2D eigenvalue weighted by Crippen LogP contribution is -2.11. The average Bonchev–Trinajstić information content (AvgIpc) is 3.00. The smallest absolute Gasteiger partial charge is 0.175 e. The Morgan fingerprint density at radius 3 is 1.92 bits per heavy atom. The summed E-state index contributed by atoms with van der Waals surface area (Å²) in [5.41, 5.74) is 4.61. The van der Waals surface area contributed by atoms with Crippen LogP contribution in [0.3, 0.4) is 0 Å². The highest BCUT2D eigenvalue weighted by molar-refractivity contribution is 7.90. The summed E-state index contributed by atoms with van der Waals surface area (Å²) < 4.78 is 36.7. The van der Waals surface area contributed by atoms with Crippen LogP contribution in [0, 0.1) is 5.82 Å². The standard InChI is InChI=1S/C21H22FNO2S/c1-21(2,3)19-13-18(14-5-9-16(22)10-6-14)20(23-19)15-7-11-17(12-8-15)26(4,24)25/h5-13,23H,1-4H3. The van der Waals surface area contributed by atoms with Gasteiger partial charge in [-0.3, -0.25) is 0 Å². The molecule has 5 heteroatoms. The second-order valence-electron chi connectivity index (χ2n) is 7.53. The molecule has 3 nitrogen and oxygen atoms in total. The van der Waals surface area contributed by atoms with Gasteiger partial charge in [-0.1, -0.05) is 45.0 Å². The van der Waals surface area contributed by atoms with E-state index in [-0.39, 0.29) is 16.1 Å². The highest BCUT2D eigenvalue weighted by Crippen LogP contribution is 2.36. The predicted octanol–water partition coefficient (Wildman–Crippen LogP) is 5.19. The predicted molar refractivity (Wildman–Crippen MR) is 103 cm³/mol. The van der Waals surface area contributed by atoms with Gasteiger partial charge < -0.3 is 4.98 Å². The van der Waals surface area contributed by atoms with Gasteiger partial charge >= 0.3 is 0 Å². The van der Waals surface area contributed by atoms with Crippen molar-refractivity contribution < 1.29 is 12.8 Å². The van der Waals surface area contributed by atoms with E-state index in [2.05, 4.69) is 31.8 Å². The van der Waals surface area contributed by atoms with Crippen LogP contribution in [0.15, 0.2) is 59.5 Å². The van der Waals surface area contributed by atoms with Crippen molar-refractivity contribution in [1.82, 2.24) is 4.98 Å². The molecule has 1 N–H and O–H groups in total. The second-order valence-corrected chi connectivity index (χ2v) is 9.54. The monoisotopic (exact) mass is 371 g/mol. The SMILES string of the molecule is CC(C)(C)c1cc(-c2ccc(F)cc2)c(-c2ccc(S(C)(=O)=O)cc2)[nH]1. The summed E-state index contributed by atoms with van der Waals surface area (Å²) in [5.74, 6) is -0.278. The Balaban J connectivity index is 2.16. The van der Waals surface area contributed by atoms with Gasteiger partial charge in [-0.25, -0.2) is 12.8 Å². The zero-order chi connectivity index (χ0) is 19.1. The highest BCUT2D eigenvalue weighted by Gasteiger charge is 2.20. The average molecular weight is 371 g/mol. The quantitative estimate of drug-likeness (QED) is 0.689. The van der Waals surface area contributed by atoms with Crippen molar-refractivity contribution in [3.8, 4) is 22.4 Å². The number of sulfone groups is 1. The normalized spacial score (nSPS) is 12.3. The first-order valence-corrected chi connectivity index (χ1v) is 10.2. The van der Waals surface area contributed by atoms with E-state index in [1.54, 1.807) is 36.4 Å². The molecule has 26 heavy (non-hydrogen) atoms. The molecule has 0 aliphatic rings. The minimum absolute atomic E-state index is 0.0836. The Morgan fingerprint density at radius 2 is 1.42 bits per heavy atom. The Kier molecular flexibility index (Phi) is 4.53. The van der Waals surface area contributed by atoms with Crippen LogP contribution in [0.2, 0.25) is 0 Å². The van der Waals surface area contributed by atoms with Gasteiger partial charge in [-0.15, -0.1) is 0 Å². The third kappa shape index (κ3) is 3.73. The van der Waals surface area contributed by atoms with Gasteiger partial charge in [0.05, 0.1) is 10.6 Å². The van der Waals surface area contributed by atoms with Gasteiger partial charge in [0.1, 0.15) is 5.82 Å². The van der Waals surface area contributed by atoms with Gasteiger partial charge in [-0.2, -0.15) is 0 Å². The molecular formula is C21H22FNO2S. The van der Waals surface area contributed by atoms with E-state index in [9.17, 15) is 12.8 Å². The van der Waals surface area contributed by atoms with Crippen molar-refractivity contribution in [2.75, 3.05) is 6.26 Å². The third-order valence-corrected chi connectivity index (χ3v) is 5.48. The van der Waals surface area contributed by atoms with Gasteiger partial charge in [0.15, 0.2) is 9.84 Å². The molecule has 0 aliphatic heterocycles. The highest BCUT2D eigenvalue weighted by atomic mass is 32.2. The largest absolute Gasteiger partial charge is 0.357 e. The Morgan fingerprint density at radius 1 is 0.885 bits per heavy atom. The van der Waals surface area contributed by atoms with Gasteiger partial charge in [-0.05, 0) is 41.5 Å². The van der Waals surface area contributed by atoms with Gasteiger partial charge in [0, 0.05) is 22.9 Å². The number of rotatable bonds is 3. The second kappa shape index (κ2) is 6.40. The lowest BCUT2D eigenvalue weighted by Gasteiger charge is -2.16. The minimum Gasteiger partial charge on any atom is -0.357 e. The maximum Gasteiger partial charge on any atom is 0.175 e. The molecule has 0 saturated heterocycles. The number of H-pyrrole nitrogens is 1. The number of nitrogens with one attached hydrogen (secondary N) is 1. The fourth-order valence-corrected chi connectivity index (χ4v) is 3.44. The Bertz CT molecular complexity index is 1030. The molecule has 3 aromatic rings. The number of aromatic nitrogens is 1. The molecule has 0 radical (unpaired) electrons. The van der Waals surface area contributed by atoms with Crippen molar-refractivity contribution in [3.63, 3.8) is 0 Å². The molecule has 0 saturated carbocycles. The van der Waals surface area contributed by atoms with E-state index in [1.165, 1.54) is 18.4 Å². The van der Waals surface area contributed by atoms with Crippen LogP contribution < -0.4 is 0 Å². The maximum absolute atomic E-state index is 13.3. The fourth-order valence-electron chi connectivity index (χ4n) is 2.81.